The number of alkyl halides is 1. The third kappa shape index (κ3) is 2.63. The summed E-state index contributed by atoms with van der Waals surface area (Å²) >= 11 is 6.85. The maximum atomic E-state index is 12.6. The summed E-state index contributed by atoms with van der Waals surface area (Å²) in [5.41, 5.74) is 6.27. The van der Waals surface area contributed by atoms with Crippen molar-refractivity contribution in [1.82, 2.24) is 9.88 Å². The topological polar surface area (TPSA) is 77.1 Å². The lowest BCUT2D eigenvalue weighted by atomic mass is 9.49. The third-order valence-corrected chi connectivity index (χ3v) is 6.70. The lowest BCUT2D eigenvalue weighted by Crippen LogP contribution is -2.56. The average Bonchev–Trinajstić information content (AvgIpc) is 2.84. The molecule has 2 unspecified atom stereocenters. The van der Waals surface area contributed by atoms with Crippen molar-refractivity contribution in [3.63, 3.8) is 0 Å². The number of aromatic nitrogens is 1. The molecule has 5 rings (SSSR count). The molecule has 0 radical (unpaired) electrons. The Hall–Kier alpha value is -1.49. The summed E-state index contributed by atoms with van der Waals surface area (Å²) in [7, 11) is 1.75. The van der Waals surface area contributed by atoms with Crippen LogP contribution in [0.4, 0.5) is 0 Å². The van der Waals surface area contributed by atoms with E-state index in [4.69, 9.17) is 17.3 Å². The van der Waals surface area contributed by atoms with E-state index >= 15 is 0 Å². The fraction of sp³-hybridized carbons (Fsp3) is 0.667. The number of nitrogens with zero attached hydrogens (tertiary/aromatic N) is 1. The number of halogens is 1. The van der Waals surface area contributed by atoms with Gasteiger partial charge in [-0.2, -0.15) is 0 Å². The minimum atomic E-state index is -0.519. The van der Waals surface area contributed by atoms with Crippen LogP contribution in [0.15, 0.2) is 12.3 Å². The number of hydrogen-bond donors (Lipinski definition) is 2. The quantitative estimate of drug-likeness (QED) is 0.819. The van der Waals surface area contributed by atoms with Gasteiger partial charge < -0.3 is 15.6 Å². The predicted octanol–water partition coefficient (Wildman–Crippen LogP) is 2.43. The van der Waals surface area contributed by atoms with E-state index in [2.05, 4.69) is 5.32 Å². The minimum absolute atomic E-state index is 0.0427. The van der Waals surface area contributed by atoms with Crippen molar-refractivity contribution in [3.05, 3.63) is 23.5 Å². The second-order valence-corrected chi connectivity index (χ2v) is 9.19. The molecule has 0 aliphatic heterocycles. The van der Waals surface area contributed by atoms with Gasteiger partial charge in [-0.15, -0.1) is 11.6 Å². The molecule has 2 amide bonds. The van der Waals surface area contributed by atoms with Crippen LogP contribution in [-0.2, 0) is 7.05 Å². The van der Waals surface area contributed by atoms with Crippen LogP contribution in [0.2, 0.25) is 0 Å². The summed E-state index contributed by atoms with van der Waals surface area (Å²) in [4.78, 5) is 23.8. The Morgan fingerprint density at radius 1 is 1.33 bits per heavy atom. The van der Waals surface area contributed by atoms with Crippen LogP contribution in [0.3, 0.4) is 0 Å². The number of carbonyl (C=O) groups excluding carboxylic acids is 2. The van der Waals surface area contributed by atoms with Gasteiger partial charge in [0.25, 0.3) is 5.91 Å². The molecule has 3 N–H and O–H groups in total. The Morgan fingerprint density at radius 3 is 2.54 bits per heavy atom. The number of nitrogens with one attached hydrogen (secondary N) is 1. The van der Waals surface area contributed by atoms with Crippen LogP contribution in [0.1, 0.15) is 59.4 Å². The molecule has 4 saturated carbocycles. The number of aryl methyl sites for hydroxylation is 1. The molecular weight excluding hydrogens is 326 g/mol. The molecule has 6 heteroatoms. The molecule has 0 spiro atoms. The maximum absolute atomic E-state index is 12.6. The van der Waals surface area contributed by atoms with Crippen molar-refractivity contribution >= 4 is 23.4 Å². The number of primary amides is 1. The first-order valence-electron chi connectivity index (χ1n) is 8.71. The molecule has 1 aromatic heterocycles. The fourth-order valence-electron chi connectivity index (χ4n) is 5.83. The molecule has 0 saturated heterocycles. The highest BCUT2D eigenvalue weighted by atomic mass is 35.5. The van der Waals surface area contributed by atoms with Crippen molar-refractivity contribution < 1.29 is 9.59 Å². The highest BCUT2D eigenvalue weighted by molar-refractivity contribution is 6.24. The largest absolute Gasteiger partial charge is 0.366 e. The number of hydrogen-bond acceptors (Lipinski definition) is 2. The highest BCUT2D eigenvalue weighted by Crippen LogP contribution is 2.63. The van der Waals surface area contributed by atoms with Crippen LogP contribution >= 0.6 is 11.6 Å². The smallest absolute Gasteiger partial charge is 0.267 e. The average molecular weight is 350 g/mol. The lowest BCUT2D eigenvalue weighted by Gasteiger charge is -2.60. The van der Waals surface area contributed by atoms with Gasteiger partial charge in [0.1, 0.15) is 5.69 Å². The third-order valence-electron chi connectivity index (χ3n) is 6.26. The molecule has 1 aromatic rings. The first kappa shape index (κ1) is 16.0. The molecule has 1 heterocycles. The van der Waals surface area contributed by atoms with E-state index < -0.39 is 5.91 Å². The second-order valence-electron chi connectivity index (χ2n) is 8.38. The second kappa shape index (κ2) is 5.25. The minimum Gasteiger partial charge on any atom is -0.366 e. The summed E-state index contributed by atoms with van der Waals surface area (Å²) in [6.07, 6.45) is 8.55. The standard InChI is InChI=1S/C18H24ClN3O2/c1-22-8-13(15(20)23)3-14(22)16(24)21-10-17-4-11-2-12(5-17)7-18(19,6-11)9-17/h3,8,11-12H,2,4-7,9-10H2,1H3,(H2,20,23)(H,21,24). The van der Waals surface area contributed by atoms with Crippen LogP contribution in [-0.4, -0.2) is 27.8 Å². The van der Waals surface area contributed by atoms with Gasteiger partial charge in [-0.25, -0.2) is 0 Å². The van der Waals surface area contributed by atoms with Gasteiger partial charge >= 0.3 is 0 Å². The Balaban J connectivity index is 1.47. The van der Waals surface area contributed by atoms with Gasteiger partial charge in [-0.1, -0.05) is 0 Å². The van der Waals surface area contributed by atoms with Crippen LogP contribution in [0.25, 0.3) is 0 Å². The molecule has 130 valence electrons. The Bertz CT molecular complexity index is 697. The van der Waals surface area contributed by atoms with Gasteiger partial charge in [0.2, 0.25) is 5.91 Å². The fourth-order valence-corrected chi connectivity index (χ4v) is 6.55. The summed E-state index contributed by atoms with van der Waals surface area (Å²) in [6, 6.07) is 1.56. The van der Waals surface area contributed by atoms with Gasteiger partial charge in [-0.3, -0.25) is 9.59 Å². The summed E-state index contributed by atoms with van der Waals surface area (Å²) in [5.74, 6) is 0.772. The molecular formula is C18H24ClN3O2. The highest BCUT2D eigenvalue weighted by Gasteiger charge is 2.56. The van der Waals surface area contributed by atoms with E-state index in [0.29, 0.717) is 17.8 Å². The molecule has 4 aliphatic rings. The molecule has 2 atom stereocenters. The number of carbonyl (C=O) groups is 2. The molecule has 4 aliphatic carbocycles. The lowest BCUT2D eigenvalue weighted by molar-refractivity contribution is -0.0379. The van der Waals surface area contributed by atoms with E-state index in [0.717, 1.165) is 31.1 Å². The van der Waals surface area contributed by atoms with E-state index in [1.807, 2.05) is 0 Å². The van der Waals surface area contributed by atoms with Crippen molar-refractivity contribution in [1.29, 1.82) is 0 Å². The molecule has 5 nitrogen and oxygen atoms in total. The van der Waals surface area contributed by atoms with Crippen molar-refractivity contribution in [2.24, 2.45) is 30.0 Å². The van der Waals surface area contributed by atoms with Gasteiger partial charge in [0.15, 0.2) is 0 Å². The number of nitrogens with two attached hydrogens (primary N) is 1. The van der Waals surface area contributed by atoms with Crippen molar-refractivity contribution in [3.8, 4) is 0 Å². The zero-order chi connectivity index (χ0) is 17.1. The summed E-state index contributed by atoms with van der Waals surface area (Å²) < 4.78 is 1.65. The van der Waals surface area contributed by atoms with Crippen LogP contribution in [0, 0.1) is 17.3 Å². The van der Waals surface area contributed by atoms with Gasteiger partial charge in [0, 0.05) is 24.7 Å². The Morgan fingerprint density at radius 2 is 2.00 bits per heavy atom. The van der Waals surface area contributed by atoms with Crippen LogP contribution < -0.4 is 11.1 Å². The predicted molar refractivity (Wildman–Crippen MR) is 92.0 cm³/mol. The van der Waals surface area contributed by atoms with Gasteiger partial charge in [0.05, 0.1) is 5.56 Å². The van der Waals surface area contributed by atoms with E-state index in [1.165, 1.54) is 19.3 Å². The van der Waals surface area contributed by atoms with E-state index in [9.17, 15) is 9.59 Å². The summed E-state index contributed by atoms with van der Waals surface area (Å²) in [5, 5.41) is 3.10. The van der Waals surface area contributed by atoms with Crippen molar-refractivity contribution in [2.45, 2.75) is 43.4 Å². The maximum Gasteiger partial charge on any atom is 0.267 e. The van der Waals surface area contributed by atoms with E-state index in [1.54, 1.807) is 23.9 Å². The Kier molecular flexibility index (Phi) is 3.50. The first-order valence-corrected chi connectivity index (χ1v) is 9.09. The molecule has 4 fully saturated rings. The normalized spacial score (nSPS) is 36.8. The van der Waals surface area contributed by atoms with Crippen molar-refractivity contribution in [2.75, 3.05) is 6.54 Å². The zero-order valence-corrected chi connectivity index (χ0v) is 14.7. The zero-order valence-electron chi connectivity index (χ0n) is 14.0. The summed E-state index contributed by atoms with van der Waals surface area (Å²) in [6.45, 7) is 0.671. The number of rotatable bonds is 4. The SMILES string of the molecule is Cn1cc(C(N)=O)cc1C(=O)NCC12CC3CC(CC(Cl)(C3)C1)C2. The molecule has 4 bridgehead atoms. The van der Waals surface area contributed by atoms with E-state index in [-0.39, 0.29) is 16.2 Å². The molecule has 24 heavy (non-hydrogen) atoms. The van der Waals surface area contributed by atoms with Gasteiger partial charge in [-0.05, 0) is 61.8 Å². The monoisotopic (exact) mass is 349 g/mol. The molecule has 0 aromatic carbocycles. The van der Waals surface area contributed by atoms with Crippen LogP contribution in [0.5, 0.6) is 0 Å². The Labute approximate surface area is 146 Å². The first-order chi connectivity index (χ1) is 11.3. The number of amides is 2.